The van der Waals surface area contributed by atoms with Gasteiger partial charge in [-0.3, -0.25) is 4.79 Å². The Bertz CT molecular complexity index is 760. The second-order valence-corrected chi connectivity index (χ2v) is 8.32. The zero-order valence-corrected chi connectivity index (χ0v) is 17.5. The van der Waals surface area contributed by atoms with Crippen LogP contribution in [0.15, 0.2) is 53.4 Å². The Kier molecular flexibility index (Phi) is 7.05. The number of hydrogen-bond donors (Lipinski definition) is 1. The van der Waals surface area contributed by atoms with E-state index < -0.39 is 0 Å². The quantitative estimate of drug-likeness (QED) is 0.749. The number of nitrogens with zero attached hydrogens (tertiary/aromatic N) is 2. The van der Waals surface area contributed by atoms with E-state index in [9.17, 15) is 4.79 Å². The Morgan fingerprint density at radius 3 is 2.44 bits per heavy atom. The fourth-order valence-electron chi connectivity index (χ4n) is 3.41. The maximum Gasteiger partial charge on any atom is 0.277 e. The monoisotopic (exact) mass is 404 g/mol. The Morgan fingerprint density at radius 1 is 1.11 bits per heavy atom. The summed E-state index contributed by atoms with van der Waals surface area (Å²) >= 11 is 7.83. The van der Waals surface area contributed by atoms with Gasteiger partial charge < -0.3 is 14.7 Å². The standard InChI is InChI=1S/C21H26ClN3OS/c1-23(15-17-6-8-20(27-2)9-7-17)16-21(26)25-12-10-24(11-13-25)19-5-3-4-18(22)14-19/h3-9,14H,10-13,15-16H2,1-2H3/p+1. The van der Waals surface area contributed by atoms with Gasteiger partial charge in [-0.05, 0) is 36.6 Å². The van der Waals surface area contributed by atoms with Crippen LogP contribution in [0.5, 0.6) is 0 Å². The van der Waals surface area contributed by atoms with E-state index in [0.717, 1.165) is 43.4 Å². The minimum Gasteiger partial charge on any atom is -0.368 e. The van der Waals surface area contributed by atoms with Gasteiger partial charge in [0.05, 0.1) is 7.05 Å². The summed E-state index contributed by atoms with van der Waals surface area (Å²) in [6.45, 7) is 4.62. The molecule has 1 heterocycles. The maximum absolute atomic E-state index is 12.7. The number of quaternary nitrogens is 1. The highest BCUT2D eigenvalue weighted by Crippen LogP contribution is 2.20. The highest BCUT2D eigenvalue weighted by atomic mass is 35.5. The molecule has 2 aromatic carbocycles. The maximum atomic E-state index is 12.7. The normalized spacial score (nSPS) is 15.7. The van der Waals surface area contributed by atoms with Gasteiger partial charge in [-0.1, -0.05) is 29.8 Å². The van der Waals surface area contributed by atoms with E-state index in [1.807, 2.05) is 23.1 Å². The molecule has 1 unspecified atom stereocenters. The van der Waals surface area contributed by atoms with Gasteiger partial charge in [-0.2, -0.15) is 0 Å². The van der Waals surface area contributed by atoms with E-state index >= 15 is 0 Å². The summed E-state index contributed by atoms with van der Waals surface area (Å²) in [7, 11) is 2.09. The molecule has 6 heteroatoms. The molecule has 1 saturated heterocycles. The predicted molar refractivity (Wildman–Crippen MR) is 114 cm³/mol. The van der Waals surface area contributed by atoms with Crippen LogP contribution in [-0.4, -0.2) is 56.8 Å². The van der Waals surface area contributed by atoms with Crippen LogP contribution in [0.3, 0.4) is 0 Å². The van der Waals surface area contributed by atoms with E-state index in [1.165, 1.54) is 15.4 Å². The van der Waals surface area contributed by atoms with Crippen LogP contribution in [0, 0.1) is 0 Å². The third kappa shape index (κ3) is 5.64. The average molecular weight is 405 g/mol. The molecule has 1 fully saturated rings. The van der Waals surface area contributed by atoms with E-state index in [2.05, 4.69) is 48.5 Å². The molecule has 0 aliphatic carbocycles. The van der Waals surface area contributed by atoms with Crippen LogP contribution < -0.4 is 9.80 Å². The van der Waals surface area contributed by atoms with Gasteiger partial charge in [0, 0.05) is 47.3 Å². The Hall–Kier alpha value is -1.69. The molecule has 2 aromatic rings. The summed E-state index contributed by atoms with van der Waals surface area (Å²) in [6.07, 6.45) is 2.08. The van der Waals surface area contributed by atoms with Crippen molar-refractivity contribution in [2.75, 3.05) is 50.9 Å². The van der Waals surface area contributed by atoms with Crippen molar-refractivity contribution in [3.63, 3.8) is 0 Å². The number of benzene rings is 2. The molecule has 4 nitrogen and oxygen atoms in total. The van der Waals surface area contributed by atoms with Gasteiger partial charge in [0.2, 0.25) is 0 Å². The number of piperazine rings is 1. The Balaban J connectivity index is 1.47. The lowest BCUT2D eigenvalue weighted by molar-refractivity contribution is -0.885. The van der Waals surface area contributed by atoms with Crippen molar-refractivity contribution in [2.45, 2.75) is 11.4 Å². The first-order valence-corrected chi connectivity index (χ1v) is 10.9. The van der Waals surface area contributed by atoms with Crippen LogP contribution in [-0.2, 0) is 11.3 Å². The minimum absolute atomic E-state index is 0.235. The second-order valence-electron chi connectivity index (χ2n) is 7.01. The number of carbonyl (C=O) groups is 1. The van der Waals surface area contributed by atoms with Crippen molar-refractivity contribution in [3.05, 3.63) is 59.1 Å². The number of halogens is 1. The van der Waals surface area contributed by atoms with Crippen LogP contribution in [0.4, 0.5) is 5.69 Å². The van der Waals surface area contributed by atoms with Crippen LogP contribution in [0.1, 0.15) is 5.56 Å². The van der Waals surface area contributed by atoms with Crippen molar-refractivity contribution in [2.24, 2.45) is 0 Å². The van der Waals surface area contributed by atoms with Gasteiger partial charge in [0.25, 0.3) is 5.91 Å². The summed E-state index contributed by atoms with van der Waals surface area (Å²) in [6, 6.07) is 16.5. The van der Waals surface area contributed by atoms with Crippen molar-refractivity contribution in [1.82, 2.24) is 4.90 Å². The summed E-state index contributed by atoms with van der Waals surface area (Å²) in [5.41, 5.74) is 2.40. The number of hydrogen-bond acceptors (Lipinski definition) is 3. The zero-order chi connectivity index (χ0) is 19.2. The molecular formula is C21H27ClN3OS+. The third-order valence-corrected chi connectivity index (χ3v) is 5.90. The third-order valence-electron chi connectivity index (χ3n) is 4.92. The molecular weight excluding hydrogens is 378 g/mol. The van der Waals surface area contributed by atoms with Gasteiger partial charge in [0.1, 0.15) is 6.54 Å². The first-order chi connectivity index (χ1) is 13.0. The van der Waals surface area contributed by atoms with E-state index in [4.69, 9.17) is 11.6 Å². The Labute approximate surface area is 171 Å². The van der Waals surface area contributed by atoms with Crippen molar-refractivity contribution < 1.29 is 9.69 Å². The number of carbonyl (C=O) groups excluding carboxylic acids is 1. The molecule has 3 rings (SSSR count). The smallest absolute Gasteiger partial charge is 0.277 e. The number of likely N-dealkylation sites (N-methyl/N-ethyl adjacent to an activating group) is 1. The molecule has 1 N–H and O–H groups in total. The van der Waals surface area contributed by atoms with E-state index in [-0.39, 0.29) is 5.91 Å². The van der Waals surface area contributed by atoms with Crippen LogP contribution >= 0.6 is 23.4 Å². The molecule has 144 valence electrons. The summed E-state index contributed by atoms with van der Waals surface area (Å²) in [4.78, 5) is 19.4. The lowest BCUT2D eigenvalue weighted by Crippen LogP contribution is -3.09. The predicted octanol–water partition coefficient (Wildman–Crippen LogP) is 2.43. The van der Waals surface area contributed by atoms with Gasteiger partial charge in [-0.15, -0.1) is 11.8 Å². The van der Waals surface area contributed by atoms with Gasteiger partial charge >= 0.3 is 0 Å². The number of anilines is 1. The Morgan fingerprint density at radius 2 is 1.81 bits per heavy atom. The number of thioether (sulfide) groups is 1. The molecule has 0 aromatic heterocycles. The molecule has 0 bridgehead atoms. The SMILES string of the molecule is CSc1ccc(C[NH+](C)CC(=O)N2CCN(c3cccc(Cl)c3)CC2)cc1. The van der Waals surface area contributed by atoms with E-state index in [1.54, 1.807) is 11.8 Å². The summed E-state index contributed by atoms with van der Waals surface area (Å²) < 4.78 is 0. The average Bonchev–Trinajstić information content (AvgIpc) is 2.68. The van der Waals surface area contributed by atoms with Crippen molar-refractivity contribution >= 4 is 35.0 Å². The number of amides is 1. The summed E-state index contributed by atoms with van der Waals surface area (Å²) in [5.74, 6) is 0.235. The molecule has 27 heavy (non-hydrogen) atoms. The fraction of sp³-hybridized carbons (Fsp3) is 0.381. The lowest BCUT2D eigenvalue weighted by Gasteiger charge is -2.36. The van der Waals surface area contributed by atoms with E-state index in [0.29, 0.717) is 6.54 Å². The van der Waals surface area contributed by atoms with Gasteiger partial charge in [-0.25, -0.2) is 0 Å². The summed E-state index contributed by atoms with van der Waals surface area (Å²) in [5, 5.41) is 0.752. The highest BCUT2D eigenvalue weighted by molar-refractivity contribution is 7.98. The fourth-order valence-corrected chi connectivity index (χ4v) is 4.00. The highest BCUT2D eigenvalue weighted by Gasteiger charge is 2.23. The zero-order valence-electron chi connectivity index (χ0n) is 16.0. The first kappa shape index (κ1) is 20.1. The lowest BCUT2D eigenvalue weighted by atomic mass is 10.2. The molecule has 0 saturated carbocycles. The molecule has 1 aliphatic heterocycles. The number of nitrogens with one attached hydrogen (secondary N) is 1. The van der Waals surface area contributed by atoms with Crippen LogP contribution in [0.25, 0.3) is 0 Å². The topological polar surface area (TPSA) is 28.0 Å². The largest absolute Gasteiger partial charge is 0.368 e. The molecule has 1 amide bonds. The molecule has 1 atom stereocenters. The van der Waals surface area contributed by atoms with Gasteiger partial charge in [0.15, 0.2) is 6.54 Å². The first-order valence-electron chi connectivity index (χ1n) is 9.27. The van der Waals surface area contributed by atoms with Crippen LogP contribution in [0.2, 0.25) is 5.02 Å². The second kappa shape index (κ2) is 9.49. The molecule has 1 aliphatic rings. The minimum atomic E-state index is 0.235. The number of rotatable bonds is 6. The molecule has 0 spiro atoms. The van der Waals surface area contributed by atoms with Crippen molar-refractivity contribution in [1.29, 1.82) is 0 Å². The molecule has 0 radical (unpaired) electrons. The van der Waals surface area contributed by atoms with Crippen molar-refractivity contribution in [3.8, 4) is 0 Å².